The first-order valence-electron chi connectivity index (χ1n) is 12.1. The number of pyridine rings is 1. The average Bonchev–Trinajstić information content (AvgIpc) is 3.62. The molecule has 0 aliphatic heterocycles. The van der Waals surface area contributed by atoms with E-state index in [1.807, 2.05) is 18.2 Å². The number of hydrogen-bond donors (Lipinski definition) is 2. The van der Waals surface area contributed by atoms with Gasteiger partial charge in [-0.25, -0.2) is 14.8 Å². The predicted molar refractivity (Wildman–Crippen MR) is 140 cm³/mol. The van der Waals surface area contributed by atoms with Gasteiger partial charge in [0, 0.05) is 38.5 Å². The second kappa shape index (κ2) is 10.2. The van der Waals surface area contributed by atoms with Gasteiger partial charge in [-0.1, -0.05) is 13.0 Å². The van der Waals surface area contributed by atoms with E-state index in [9.17, 15) is 9.59 Å². The van der Waals surface area contributed by atoms with Gasteiger partial charge in [-0.3, -0.25) is 14.0 Å². The number of aromatic nitrogens is 6. The van der Waals surface area contributed by atoms with Gasteiger partial charge in [0.25, 0.3) is 0 Å². The van der Waals surface area contributed by atoms with Crippen LogP contribution in [0.2, 0.25) is 0 Å². The van der Waals surface area contributed by atoms with E-state index in [0.717, 1.165) is 12.8 Å². The number of para-hydroxylation sites is 1. The highest BCUT2D eigenvalue weighted by atomic mass is 16.5. The summed E-state index contributed by atoms with van der Waals surface area (Å²) >= 11 is 0. The highest BCUT2D eigenvalue weighted by Gasteiger charge is 2.22. The Morgan fingerprint density at radius 3 is 2.65 bits per heavy atom. The Kier molecular flexibility index (Phi) is 6.67. The number of benzene rings is 1. The molecule has 1 aliphatic rings. The number of nitrogens with zero attached hydrogens (tertiary/aromatic N) is 6. The molecule has 11 heteroatoms. The molecule has 1 saturated carbocycles. The Balaban J connectivity index is 1.46. The standard InChI is InChI=1S/C26H28N8O3/c1-4-21(35)18-13-27-23(30-22-10-11-34(26(36)31-22)14-16-8-9-16)12-20(18)29-19-7-5-6-17(24(19)37-3)25-28-15-33(2)32-25/h5-7,10-13,15-16H,4,8-9,14H2,1-3H3,(H2,27,29,30,31,36). The van der Waals surface area contributed by atoms with Crippen molar-refractivity contribution in [2.45, 2.75) is 32.7 Å². The van der Waals surface area contributed by atoms with Crippen LogP contribution in [-0.4, -0.2) is 42.2 Å². The van der Waals surface area contributed by atoms with Crippen LogP contribution in [0.5, 0.6) is 5.75 Å². The molecule has 1 aromatic carbocycles. The second-order valence-electron chi connectivity index (χ2n) is 8.96. The SMILES string of the molecule is CCC(=O)c1cnc(Nc2ccn(CC3CC3)c(=O)n2)cc1Nc1cccc(-c2ncn(C)n2)c1OC. The molecule has 4 aromatic rings. The van der Waals surface area contributed by atoms with Gasteiger partial charge < -0.3 is 15.4 Å². The minimum absolute atomic E-state index is 0.0659. The Morgan fingerprint density at radius 1 is 1.14 bits per heavy atom. The van der Waals surface area contributed by atoms with E-state index in [2.05, 4.69) is 30.7 Å². The van der Waals surface area contributed by atoms with Crippen LogP contribution in [-0.2, 0) is 13.6 Å². The van der Waals surface area contributed by atoms with Gasteiger partial charge in [-0.15, -0.1) is 0 Å². The van der Waals surface area contributed by atoms with E-state index in [-0.39, 0.29) is 11.5 Å². The fraction of sp³-hybridized carbons (Fsp3) is 0.308. The van der Waals surface area contributed by atoms with Crippen molar-refractivity contribution in [3.63, 3.8) is 0 Å². The first-order chi connectivity index (χ1) is 17.9. The number of aryl methyl sites for hydroxylation is 1. The van der Waals surface area contributed by atoms with Gasteiger partial charge in [-0.2, -0.15) is 10.1 Å². The summed E-state index contributed by atoms with van der Waals surface area (Å²) in [5, 5.41) is 10.8. The summed E-state index contributed by atoms with van der Waals surface area (Å²) in [6.07, 6.45) is 7.50. The van der Waals surface area contributed by atoms with E-state index in [1.165, 1.54) is 6.20 Å². The van der Waals surface area contributed by atoms with Crippen LogP contribution >= 0.6 is 0 Å². The molecular formula is C26H28N8O3. The number of ketones is 1. The predicted octanol–water partition coefficient (Wildman–Crippen LogP) is 3.93. The first-order valence-corrected chi connectivity index (χ1v) is 12.1. The minimum atomic E-state index is -0.308. The first kappa shape index (κ1) is 24.2. The normalized spacial score (nSPS) is 12.8. The molecule has 3 heterocycles. The van der Waals surface area contributed by atoms with Crippen LogP contribution in [0.15, 0.2) is 53.8 Å². The molecular weight excluding hydrogens is 472 g/mol. The molecule has 0 amide bonds. The summed E-state index contributed by atoms with van der Waals surface area (Å²) < 4.78 is 8.95. The maximum Gasteiger partial charge on any atom is 0.349 e. The zero-order valence-corrected chi connectivity index (χ0v) is 20.9. The molecule has 0 saturated heterocycles. The summed E-state index contributed by atoms with van der Waals surface area (Å²) in [4.78, 5) is 38.0. The zero-order valence-electron chi connectivity index (χ0n) is 20.9. The quantitative estimate of drug-likeness (QED) is 0.311. The fourth-order valence-corrected chi connectivity index (χ4v) is 4.03. The number of nitrogens with one attached hydrogen (secondary N) is 2. The third kappa shape index (κ3) is 5.35. The minimum Gasteiger partial charge on any atom is -0.494 e. The molecule has 11 nitrogen and oxygen atoms in total. The molecule has 190 valence electrons. The van der Waals surface area contributed by atoms with Crippen LogP contribution in [0, 0.1) is 5.92 Å². The summed E-state index contributed by atoms with van der Waals surface area (Å²) in [5.74, 6) is 2.38. The van der Waals surface area contributed by atoms with Crippen molar-refractivity contribution >= 4 is 28.8 Å². The molecule has 1 aliphatic carbocycles. The van der Waals surface area contributed by atoms with Crippen molar-refractivity contribution in [2.24, 2.45) is 13.0 Å². The third-order valence-corrected chi connectivity index (χ3v) is 6.14. The van der Waals surface area contributed by atoms with Crippen molar-refractivity contribution in [3.05, 3.63) is 65.1 Å². The highest BCUT2D eigenvalue weighted by molar-refractivity contribution is 6.02. The van der Waals surface area contributed by atoms with Gasteiger partial charge in [0.05, 0.1) is 29.6 Å². The molecule has 0 radical (unpaired) electrons. The Hall–Kier alpha value is -4.54. The molecule has 3 aromatic heterocycles. The lowest BCUT2D eigenvalue weighted by Crippen LogP contribution is -2.23. The largest absolute Gasteiger partial charge is 0.494 e. The number of carbonyl (C=O) groups excluding carboxylic acids is 1. The number of anilines is 4. The lowest BCUT2D eigenvalue weighted by atomic mass is 10.1. The van der Waals surface area contributed by atoms with E-state index < -0.39 is 0 Å². The fourth-order valence-electron chi connectivity index (χ4n) is 4.03. The molecule has 5 rings (SSSR count). The average molecular weight is 501 g/mol. The summed E-state index contributed by atoms with van der Waals surface area (Å²) in [7, 11) is 3.37. The van der Waals surface area contributed by atoms with Gasteiger partial charge in [0.1, 0.15) is 18.0 Å². The topological polar surface area (TPSA) is 129 Å². The summed E-state index contributed by atoms with van der Waals surface area (Å²) in [6, 6.07) is 9.04. The molecule has 2 N–H and O–H groups in total. The van der Waals surface area contributed by atoms with Crippen molar-refractivity contribution in [1.82, 2.24) is 29.3 Å². The van der Waals surface area contributed by atoms with Crippen molar-refractivity contribution in [2.75, 3.05) is 17.7 Å². The maximum atomic E-state index is 12.7. The van der Waals surface area contributed by atoms with Crippen LogP contribution in [0.1, 0.15) is 36.5 Å². The van der Waals surface area contributed by atoms with Crippen LogP contribution in [0.25, 0.3) is 11.4 Å². The smallest absolute Gasteiger partial charge is 0.349 e. The van der Waals surface area contributed by atoms with Gasteiger partial charge in [0.15, 0.2) is 17.4 Å². The third-order valence-electron chi connectivity index (χ3n) is 6.14. The maximum absolute atomic E-state index is 12.7. The molecule has 1 fully saturated rings. The molecule has 0 unspecified atom stereocenters. The number of rotatable bonds is 10. The lowest BCUT2D eigenvalue weighted by Gasteiger charge is -2.17. The van der Waals surface area contributed by atoms with E-state index in [1.54, 1.807) is 55.0 Å². The second-order valence-corrected chi connectivity index (χ2v) is 8.96. The van der Waals surface area contributed by atoms with Crippen molar-refractivity contribution in [3.8, 4) is 17.1 Å². The molecule has 0 spiro atoms. The van der Waals surface area contributed by atoms with Crippen LogP contribution in [0.3, 0.4) is 0 Å². The van der Waals surface area contributed by atoms with Crippen LogP contribution in [0.4, 0.5) is 23.0 Å². The zero-order chi connectivity index (χ0) is 25.9. The van der Waals surface area contributed by atoms with E-state index in [4.69, 9.17) is 4.74 Å². The number of Topliss-reactive ketones (excluding diaryl/α,β-unsaturated/α-hetero) is 1. The lowest BCUT2D eigenvalue weighted by molar-refractivity contribution is 0.0988. The van der Waals surface area contributed by atoms with E-state index >= 15 is 0 Å². The van der Waals surface area contributed by atoms with Gasteiger partial charge in [0.2, 0.25) is 0 Å². The number of hydrogen-bond acceptors (Lipinski definition) is 9. The summed E-state index contributed by atoms with van der Waals surface area (Å²) in [5.41, 5.74) is 2.01. The Bertz CT molecular complexity index is 1510. The highest BCUT2D eigenvalue weighted by Crippen LogP contribution is 2.37. The Labute approximate surface area is 213 Å². The number of carbonyl (C=O) groups is 1. The monoisotopic (exact) mass is 500 g/mol. The summed E-state index contributed by atoms with van der Waals surface area (Å²) in [6.45, 7) is 2.49. The van der Waals surface area contributed by atoms with Crippen molar-refractivity contribution in [1.29, 1.82) is 0 Å². The van der Waals surface area contributed by atoms with E-state index in [0.29, 0.717) is 64.6 Å². The Morgan fingerprint density at radius 2 is 1.97 bits per heavy atom. The number of methoxy groups -OCH3 is 1. The molecule has 37 heavy (non-hydrogen) atoms. The van der Waals surface area contributed by atoms with Gasteiger partial charge >= 0.3 is 5.69 Å². The molecule has 0 bridgehead atoms. The number of ether oxygens (including phenoxy) is 1. The van der Waals surface area contributed by atoms with Gasteiger partial charge in [-0.05, 0) is 37.0 Å². The van der Waals surface area contributed by atoms with Crippen LogP contribution < -0.4 is 21.1 Å². The molecule has 0 atom stereocenters. The van der Waals surface area contributed by atoms with Crippen molar-refractivity contribution < 1.29 is 9.53 Å².